The van der Waals surface area contributed by atoms with E-state index in [2.05, 4.69) is 10.0 Å². The van der Waals surface area contributed by atoms with Gasteiger partial charge in [0.15, 0.2) is 0 Å². The molecule has 0 radical (unpaired) electrons. The van der Waals surface area contributed by atoms with Crippen molar-refractivity contribution in [2.75, 3.05) is 13.2 Å². The summed E-state index contributed by atoms with van der Waals surface area (Å²) >= 11 is 0. The van der Waals surface area contributed by atoms with Crippen molar-refractivity contribution in [2.24, 2.45) is 0 Å². The third-order valence-corrected chi connectivity index (χ3v) is 4.55. The minimum Gasteiger partial charge on any atom is -0.394 e. The van der Waals surface area contributed by atoms with Gasteiger partial charge in [-0.15, -0.1) is 0 Å². The van der Waals surface area contributed by atoms with Crippen LogP contribution < -0.4 is 10.0 Å². The lowest BCUT2D eigenvalue weighted by molar-refractivity contribution is -0.123. The van der Waals surface area contributed by atoms with E-state index in [0.717, 1.165) is 5.56 Å². The van der Waals surface area contributed by atoms with Crippen molar-refractivity contribution >= 4 is 15.9 Å². The van der Waals surface area contributed by atoms with Gasteiger partial charge in [-0.3, -0.25) is 4.79 Å². The summed E-state index contributed by atoms with van der Waals surface area (Å²) in [6.07, 6.45) is 0.582. The molecule has 0 atom stereocenters. The molecule has 1 amide bonds. The minimum atomic E-state index is -3.54. The number of aliphatic hydroxyl groups is 1. The first-order valence-corrected chi connectivity index (χ1v) is 8.63. The molecule has 0 aromatic heterocycles. The molecule has 22 heavy (non-hydrogen) atoms. The highest BCUT2D eigenvalue weighted by molar-refractivity contribution is 7.89. The van der Waals surface area contributed by atoms with Crippen molar-refractivity contribution in [1.82, 2.24) is 10.0 Å². The van der Waals surface area contributed by atoms with Crippen molar-refractivity contribution in [3.05, 3.63) is 29.8 Å². The van der Waals surface area contributed by atoms with Crippen LogP contribution >= 0.6 is 0 Å². The van der Waals surface area contributed by atoms with Crippen LogP contribution in [-0.2, 0) is 14.8 Å². The number of aryl methyl sites for hydroxylation is 1. The minimum absolute atomic E-state index is 0.154. The summed E-state index contributed by atoms with van der Waals surface area (Å²) in [7, 11) is -3.54. The molecule has 7 heteroatoms. The van der Waals surface area contributed by atoms with Crippen molar-refractivity contribution < 1.29 is 18.3 Å². The summed E-state index contributed by atoms with van der Waals surface area (Å²) < 4.78 is 26.5. The van der Waals surface area contributed by atoms with Gasteiger partial charge in [-0.05, 0) is 39.3 Å². The van der Waals surface area contributed by atoms with E-state index >= 15 is 0 Å². The van der Waals surface area contributed by atoms with E-state index < -0.39 is 15.6 Å². The van der Waals surface area contributed by atoms with E-state index in [9.17, 15) is 13.2 Å². The highest BCUT2D eigenvalue weighted by Crippen LogP contribution is 2.09. The van der Waals surface area contributed by atoms with Crippen LogP contribution in [0.3, 0.4) is 0 Å². The van der Waals surface area contributed by atoms with E-state index in [-0.39, 0.29) is 30.4 Å². The Bertz CT molecular complexity index is 594. The predicted molar refractivity (Wildman–Crippen MR) is 84.9 cm³/mol. The third kappa shape index (κ3) is 6.13. The van der Waals surface area contributed by atoms with Crippen LogP contribution in [0.25, 0.3) is 0 Å². The quantitative estimate of drug-likeness (QED) is 0.619. The molecule has 0 aliphatic carbocycles. The summed E-state index contributed by atoms with van der Waals surface area (Å²) in [5.74, 6) is -0.214. The molecule has 0 bridgehead atoms. The van der Waals surface area contributed by atoms with Crippen LogP contribution in [0.5, 0.6) is 0 Å². The lowest BCUT2D eigenvalue weighted by atomic mass is 10.1. The molecule has 0 heterocycles. The largest absolute Gasteiger partial charge is 0.394 e. The molecule has 1 aromatic carbocycles. The fourth-order valence-corrected chi connectivity index (χ4v) is 2.81. The SMILES string of the molecule is Cc1ccc(S(=O)(=O)NCCCC(=O)NC(C)(C)CO)cc1. The Morgan fingerprint density at radius 1 is 1.23 bits per heavy atom. The molecule has 0 unspecified atom stereocenters. The maximum absolute atomic E-state index is 12.0. The normalized spacial score (nSPS) is 12.2. The Morgan fingerprint density at radius 2 is 1.82 bits per heavy atom. The number of amides is 1. The number of benzene rings is 1. The average Bonchev–Trinajstić information content (AvgIpc) is 2.44. The number of hydrogen-bond donors (Lipinski definition) is 3. The molecule has 124 valence electrons. The van der Waals surface area contributed by atoms with Crippen LogP contribution in [0, 0.1) is 6.92 Å². The first-order chi connectivity index (χ1) is 10.2. The summed E-state index contributed by atoms with van der Waals surface area (Å²) in [5, 5.41) is 11.7. The Labute approximate surface area is 132 Å². The van der Waals surface area contributed by atoms with E-state index in [1.807, 2.05) is 6.92 Å². The molecule has 1 aromatic rings. The van der Waals surface area contributed by atoms with Gasteiger partial charge in [0.25, 0.3) is 0 Å². The fourth-order valence-electron chi connectivity index (χ4n) is 1.74. The van der Waals surface area contributed by atoms with Crippen molar-refractivity contribution in [1.29, 1.82) is 0 Å². The van der Waals surface area contributed by atoms with Gasteiger partial charge in [0.2, 0.25) is 15.9 Å². The highest BCUT2D eigenvalue weighted by Gasteiger charge is 2.19. The average molecular weight is 328 g/mol. The highest BCUT2D eigenvalue weighted by atomic mass is 32.2. The maximum atomic E-state index is 12.0. The second-order valence-electron chi connectivity index (χ2n) is 5.90. The summed E-state index contributed by atoms with van der Waals surface area (Å²) in [6.45, 7) is 5.34. The molecule has 0 aliphatic heterocycles. The van der Waals surface area contributed by atoms with Crippen LogP contribution in [0.4, 0.5) is 0 Å². The second kappa shape index (κ2) is 7.71. The number of rotatable bonds is 8. The molecule has 0 saturated heterocycles. The van der Waals surface area contributed by atoms with Crippen LogP contribution in [-0.4, -0.2) is 38.1 Å². The van der Waals surface area contributed by atoms with Crippen LogP contribution in [0.15, 0.2) is 29.2 Å². The third-order valence-electron chi connectivity index (χ3n) is 3.08. The number of nitrogens with one attached hydrogen (secondary N) is 2. The van der Waals surface area contributed by atoms with Gasteiger partial charge in [-0.1, -0.05) is 17.7 Å². The van der Waals surface area contributed by atoms with Crippen molar-refractivity contribution in [3.63, 3.8) is 0 Å². The van der Waals surface area contributed by atoms with Crippen molar-refractivity contribution in [3.8, 4) is 0 Å². The van der Waals surface area contributed by atoms with E-state index in [4.69, 9.17) is 5.11 Å². The van der Waals surface area contributed by atoms with Gasteiger partial charge in [-0.25, -0.2) is 13.1 Å². The van der Waals surface area contributed by atoms with Crippen molar-refractivity contribution in [2.45, 2.75) is 44.0 Å². The van der Waals surface area contributed by atoms with Gasteiger partial charge in [-0.2, -0.15) is 0 Å². The molecule has 3 N–H and O–H groups in total. The van der Waals surface area contributed by atoms with E-state index in [0.29, 0.717) is 6.42 Å². The number of carbonyl (C=O) groups is 1. The predicted octanol–water partition coefficient (Wildman–Crippen LogP) is 0.941. The summed E-state index contributed by atoms with van der Waals surface area (Å²) in [5.41, 5.74) is 0.320. The summed E-state index contributed by atoms with van der Waals surface area (Å²) in [4.78, 5) is 11.9. The Balaban J connectivity index is 2.41. The zero-order valence-electron chi connectivity index (χ0n) is 13.2. The zero-order valence-corrected chi connectivity index (χ0v) is 14.0. The second-order valence-corrected chi connectivity index (χ2v) is 7.67. The topological polar surface area (TPSA) is 95.5 Å². The number of carbonyl (C=O) groups excluding carboxylic acids is 1. The number of aliphatic hydroxyl groups excluding tert-OH is 1. The van der Waals surface area contributed by atoms with Crippen LogP contribution in [0.1, 0.15) is 32.3 Å². The molecular weight excluding hydrogens is 304 g/mol. The van der Waals surface area contributed by atoms with Gasteiger partial charge < -0.3 is 10.4 Å². The first kappa shape index (κ1) is 18.6. The molecule has 6 nitrogen and oxygen atoms in total. The van der Waals surface area contributed by atoms with Gasteiger partial charge in [0, 0.05) is 13.0 Å². The Morgan fingerprint density at radius 3 is 2.36 bits per heavy atom. The lowest BCUT2D eigenvalue weighted by Gasteiger charge is -2.23. The summed E-state index contributed by atoms with van der Waals surface area (Å²) in [6, 6.07) is 6.57. The van der Waals surface area contributed by atoms with Crippen LogP contribution in [0.2, 0.25) is 0 Å². The molecular formula is C15H24N2O4S. The molecule has 0 spiro atoms. The zero-order chi connectivity index (χ0) is 16.8. The van der Waals surface area contributed by atoms with Gasteiger partial charge in [0.05, 0.1) is 17.0 Å². The molecule has 1 rings (SSSR count). The molecule has 0 saturated carbocycles. The Kier molecular flexibility index (Phi) is 6.52. The van der Waals surface area contributed by atoms with Gasteiger partial charge in [0.1, 0.15) is 0 Å². The standard InChI is InChI=1S/C15H24N2O4S/c1-12-6-8-13(9-7-12)22(20,21)16-10-4-5-14(19)17-15(2,3)11-18/h6-9,16,18H,4-5,10-11H2,1-3H3,(H,17,19). The lowest BCUT2D eigenvalue weighted by Crippen LogP contribution is -2.46. The van der Waals surface area contributed by atoms with Gasteiger partial charge >= 0.3 is 0 Å². The van der Waals surface area contributed by atoms with E-state index in [1.54, 1.807) is 38.1 Å². The van der Waals surface area contributed by atoms with E-state index in [1.165, 1.54) is 0 Å². The smallest absolute Gasteiger partial charge is 0.240 e. The molecule has 0 fully saturated rings. The number of hydrogen-bond acceptors (Lipinski definition) is 4. The molecule has 0 aliphatic rings. The number of sulfonamides is 1. The Hall–Kier alpha value is -1.44. The maximum Gasteiger partial charge on any atom is 0.240 e. The fraction of sp³-hybridized carbons (Fsp3) is 0.533. The first-order valence-electron chi connectivity index (χ1n) is 7.14. The monoisotopic (exact) mass is 328 g/mol.